The van der Waals surface area contributed by atoms with Gasteiger partial charge in [0, 0.05) is 19.1 Å². The highest BCUT2D eigenvalue weighted by atomic mass is 16.6. The monoisotopic (exact) mass is 296 g/mol. The van der Waals surface area contributed by atoms with E-state index in [0.29, 0.717) is 24.4 Å². The van der Waals surface area contributed by atoms with Gasteiger partial charge in [0.15, 0.2) is 0 Å². The van der Waals surface area contributed by atoms with Crippen molar-refractivity contribution in [2.24, 2.45) is 11.8 Å². The number of hydrogen-bond donors (Lipinski definition) is 2. The van der Waals surface area contributed by atoms with E-state index in [2.05, 4.69) is 36.6 Å². The van der Waals surface area contributed by atoms with Gasteiger partial charge in [0.2, 0.25) is 0 Å². The molecule has 1 amide bonds. The van der Waals surface area contributed by atoms with Crippen LogP contribution >= 0.6 is 0 Å². The summed E-state index contributed by atoms with van der Waals surface area (Å²) >= 11 is 0. The van der Waals surface area contributed by atoms with Gasteiger partial charge in [-0.2, -0.15) is 0 Å². The van der Waals surface area contributed by atoms with E-state index in [4.69, 9.17) is 4.74 Å². The summed E-state index contributed by atoms with van der Waals surface area (Å²) in [6, 6.07) is 0.581. The Morgan fingerprint density at radius 1 is 1.29 bits per heavy atom. The van der Waals surface area contributed by atoms with Crippen LogP contribution in [-0.4, -0.2) is 30.8 Å². The van der Waals surface area contributed by atoms with E-state index in [0.717, 1.165) is 13.0 Å². The summed E-state index contributed by atoms with van der Waals surface area (Å²) in [5.41, 5.74) is -0.440. The van der Waals surface area contributed by atoms with Crippen LogP contribution in [0, 0.1) is 11.8 Å². The Hall–Kier alpha value is -1.03. The predicted octanol–water partition coefficient (Wildman–Crippen LogP) is 3.48. The van der Waals surface area contributed by atoms with Gasteiger partial charge >= 0.3 is 6.09 Å². The second-order valence-electron chi connectivity index (χ2n) is 7.28. The maximum Gasteiger partial charge on any atom is 0.407 e. The molecule has 1 aliphatic rings. The van der Waals surface area contributed by atoms with Gasteiger partial charge in [-0.25, -0.2) is 4.79 Å². The first-order valence-corrected chi connectivity index (χ1v) is 8.13. The van der Waals surface area contributed by atoms with Crippen molar-refractivity contribution in [3.8, 4) is 0 Å². The smallest absolute Gasteiger partial charge is 0.407 e. The summed E-state index contributed by atoms with van der Waals surface area (Å²) < 4.78 is 5.28. The molecule has 0 bridgehead atoms. The number of carbonyl (C=O) groups is 1. The van der Waals surface area contributed by atoms with Gasteiger partial charge in [0.25, 0.3) is 0 Å². The van der Waals surface area contributed by atoms with Crippen LogP contribution in [-0.2, 0) is 4.74 Å². The molecule has 0 radical (unpaired) electrons. The molecular formula is C17H32N2O2. The van der Waals surface area contributed by atoms with Crippen molar-refractivity contribution in [1.82, 2.24) is 10.6 Å². The maximum absolute atomic E-state index is 11.7. The van der Waals surface area contributed by atoms with Gasteiger partial charge in [-0.3, -0.25) is 0 Å². The predicted molar refractivity (Wildman–Crippen MR) is 87.3 cm³/mol. The van der Waals surface area contributed by atoms with Crippen LogP contribution in [0.2, 0.25) is 0 Å². The summed E-state index contributed by atoms with van der Waals surface area (Å²) in [5.74, 6) is 0.940. The van der Waals surface area contributed by atoms with Crippen LogP contribution in [0.3, 0.4) is 0 Å². The molecule has 0 aromatic heterocycles. The molecule has 2 unspecified atom stereocenters. The molecule has 0 saturated heterocycles. The Morgan fingerprint density at radius 2 is 2.00 bits per heavy atom. The Labute approximate surface area is 129 Å². The normalized spacial score (nSPS) is 20.4. The first-order chi connectivity index (χ1) is 9.78. The second kappa shape index (κ2) is 8.42. The average molecular weight is 296 g/mol. The largest absolute Gasteiger partial charge is 0.444 e. The van der Waals surface area contributed by atoms with Crippen LogP contribution in [0.15, 0.2) is 12.2 Å². The lowest BCUT2D eigenvalue weighted by atomic mass is 9.94. The maximum atomic E-state index is 11.7. The molecule has 0 aromatic carbocycles. The topological polar surface area (TPSA) is 50.4 Å². The quantitative estimate of drug-likeness (QED) is 0.738. The molecule has 0 aliphatic heterocycles. The van der Waals surface area contributed by atoms with Crippen molar-refractivity contribution in [2.75, 3.05) is 13.1 Å². The van der Waals surface area contributed by atoms with Crippen molar-refractivity contribution >= 4 is 6.09 Å². The molecule has 2 N–H and O–H groups in total. The minimum Gasteiger partial charge on any atom is -0.444 e. The Morgan fingerprint density at radius 3 is 2.52 bits per heavy atom. The molecule has 0 spiro atoms. The van der Waals surface area contributed by atoms with Crippen molar-refractivity contribution in [1.29, 1.82) is 0 Å². The molecule has 0 heterocycles. The van der Waals surface area contributed by atoms with E-state index in [-0.39, 0.29) is 6.09 Å². The zero-order valence-electron chi connectivity index (χ0n) is 14.2. The number of rotatable bonds is 6. The Bertz CT molecular complexity index is 345. The number of alkyl carbamates (subject to hydrolysis) is 1. The third kappa shape index (κ3) is 8.10. The van der Waals surface area contributed by atoms with Gasteiger partial charge in [0.05, 0.1) is 0 Å². The van der Waals surface area contributed by atoms with Crippen LogP contribution in [0.1, 0.15) is 53.9 Å². The Kier molecular flexibility index (Phi) is 7.23. The third-order valence-electron chi connectivity index (χ3n) is 3.79. The molecule has 1 rings (SSSR count). The van der Waals surface area contributed by atoms with Gasteiger partial charge in [-0.1, -0.05) is 26.0 Å². The van der Waals surface area contributed by atoms with E-state index in [1.165, 1.54) is 12.8 Å². The molecule has 4 nitrogen and oxygen atoms in total. The van der Waals surface area contributed by atoms with Gasteiger partial charge in [-0.15, -0.1) is 0 Å². The summed E-state index contributed by atoms with van der Waals surface area (Å²) in [7, 11) is 0. The van der Waals surface area contributed by atoms with Crippen molar-refractivity contribution in [3.63, 3.8) is 0 Å². The molecular weight excluding hydrogens is 264 g/mol. The number of ether oxygens (including phenoxy) is 1. The molecule has 21 heavy (non-hydrogen) atoms. The fraction of sp³-hybridized carbons (Fsp3) is 0.824. The number of amides is 1. The summed E-state index contributed by atoms with van der Waals surface area (Å²) in [6.45, 7) is 11.6. The fourth-order valence-corrected chi connectivity index (χ4v) is 2.37. The highest BCUT2D eigenvalue weighted by Gasteiger charge is 2.20. The highest BCUT2D eigenvalue weighted by Crippen LogP contribution is 2.14. The molecule has 2 atom stereocenters. The minimum atomic E-state index is -0.440. The van der Waals surface area contributed by atoms with Gasteiger partial charge < -0.3 is 15.4 Å². The van der Waals surface area contributed by atoms with Crippen LogP contribution in [0.5, 0.6) is 0 Å². The summed E-state index contributed by atoms with van der Waals surface area (Å²) in [5, 5.41) is 6.52. The van der Waals surface area contributed by atoms with Crippen molar-refractivity contribution < 1.29 is 9.53 Å². The lowest BCUT2D eigenvalue weighted by Gasteiger charge is -2.27. The first kappa shape index (κ1) is 18.0. The van der Waals surface area contributed by atoms with E-state index in [9.17, 15) is 4.79 Å². The summed E-state index contributed by atoms with van der Waals surface area (Å²) in [4.78, 5) is 11.7. The van der Waals surface area contributed by atoms with E-state index in [1.54, 1.807) is 0 Å². The number of nitrogens with one attached hydrogen (secondary N) is 2. The molecule has 0 saturated carbocycles. The fourth-order valence-electron chi connectivity index (χ4n) is 2.37. The lowest BCUT2D eigenvalue weighted by Crippen LogP contribution is -2.42. The van der Waals surface area contributed by atoms with Gasteiger partial charge in [0.1, 0.15) is 5.60 Å². The molecule has 122 valence electrons. The molecule has 4 heteroatoms. The minimum absolute atomic E-state index is 0.325. The standard InChI is InChI=1S/C17H32N2O2/c1-13(2)14(11-18-15-9-7-6-8-10-15)12-19-16(20)21-17(3,4)5/h6-7,13-15,18H,8-12H2,1-5H3,(H,19,20). The molecule has 1 aliphatic carbocycles. The number of hydrogen-bond acceptors (Lipinski definition) is 3. The van der Waals surface area contributed by atoms with Gasteiger partial charge in [-0.05, 0) is 51.9 Å². The lowest BCUT2D eigenvalue weighted by molar-refractivity contribution is 0.0514. The van der Waals surface area contributed by atoms with Crippen molar-refractivity contribution in [2.45, 2.75) is 65.5 Å². The summed E-state index contributed by atoms with van der Waals surface area (Å²) in [6.07, 6.45) is 7.67. The van der Waals surface area contributed by atoms with E-state index >= 15 is 0 Å². The highest BCUT2D eigenvalue weighted by molar-refractivity contribution is 5.67. The molecule has 0 fully saturated rings. The SMILES string of the molecule is CC(C)C(CNC(=O)OC(C)(C)C)CNC1CC=CCC1. The van der Waals surface area contributed by atoms with Crippen molar-refractivity contribution in [3.05, 3.63) is 12.2 Å². The third-order valence-corrected chi connectivity index (χ3v) is 3.79. The van der Waals surface area contributed by atoms with Crippen LogP contribution < -0.4 is 10.6 Å². The van der Waals surface area contributed by atoms with E-state index < -0.39 is 5.60 Å². The second-order valence-corrected chi connectivity index (χ2v) is 7.28. The Balaban J connectivity index is 2.32. The van der Waals surface area contributed by atoms with E-state index in [1.807, 2.05) is 20.8 Å². The first-order valence-electron chi connectivity index (χ1n) is 8.13. The zero-order chi connectivity index (χ0) is 15.9. The zero-order valence-corrected chi connectivity index (χ0v) is 14.2. The molecule has 0 aromatic rings. The number of carbonyl (C=O) groups excluding carboxylic acids is 1. The van der Waals surface area contributed by atoms with Crippen LogP contribution in [0.4, 0.5) is 4.79 Å². The number of allylic oxidation sites excluding steroid dienone is 1. The average Bonchev–Trinajstić information content (AvgIpc) is 2.37. The van der Waals surface area contributed by atoms with Crippen LogP contribution in [0.25, 0.3) is 0 Å².